The van der Waals surface area contributed by atoms with Crippen molar-refractivity contribution in [3.8, 4) is 5.75 Å². The molecular weight excluding hydrogens is 346 g/mol. The van der Waals surface area contributed by atoms with Gasteiger partial charge in [0.1, 0.15) is 5.75 Å². The van der Waals surface area contributed by atoms with E-state index in [-0.39, 0.29) is 6.61 Å². The van der Waals surface area contributed by atoms with E-state index in [0.29, 0.717) is 6.61 Å². The molecule has 2 N–H and O–H groups in total. The van der Waals surface area contributed by atoms with Gasteiger partial charge >= 0.3 is 0 Å². The predicted octanol–water partition coefficient (Wildman–Crippen LogP) is 4.49. The number of nitrogens with one attached hydrogen (secondary N) is 1. The van der Waals surface area contributed by atoms with Crippen molar-refractivity contribution >= 4 is 22.8 Å². The highest BCUT2D eigenvalue weighted by Gasteiger charge is 2.09. The van der Waals surface area contributed by atoms with Crippen LogP contribution in [0.4, 0.5) is 0 Å². The number of aliphatic hydroxyl groups is 1. The molecular formula is C20H25N3O2S. The van der Waals surface area contributed by atoms with Crippen molar-refractivity contribution in [1.29, 1.82) is 0 Å². The first-order valence-electron chi connectivity index (χ1n) is 9.03. The van der Waals surface area contributed by atoms with Gasteiger partial charge in [0.15, 0.2) is 5.16 Å². The van der Waals surface area contributed by atoms with Gasteiger partial charge in [-0.15, -0.1) is 0 Å². The molecule has 5 nitrogen and oxygen atoms in total. The number of para-hydroxylation sites is 2. The highest BCUT2D eigenvalue weighted by atomic mass is 32.2. The molecule has 0 aliphatic heterocycles. The number of benzene rings is 1. The van der Waals surface area contributed by atoms with E-state index in [4.69, 9.17) is 9.84 Å². The third kappa shape index (κ3) is 4.99. The Balaban J connectivity index is 1.54. The summed E-state index contributed by atoms with van der Waals surface area (Å²) in [6.45, 7) is 3.03. The van der Waals surface area contributed by atoms with Crippen LogP contribution < -0.4 is 4.74 Å². The highest BCUT2D eigenvalue weighted by molar-refractivity contribution is 7.98. The lowest BCUT2D eigenvalue weighted by Gasteiger charge is -2.11. The van der Waals surface area contributed by atoms with Crippen molar-refractivity contribution in [2.75, 3.05) is 13.2 Å². The Labute approximate surface area is 158 Å². The van der Waals surface area contributed by atoms with Crippen molar-refractivity contribution in [2.45, 2.75) is 43.5 Å². The molecule has 0 aliphatic carbocycles. The number of aromatic amines is 1. The fourth-order valence-corrected chi connectivity index (χ4v) is 3.65. The minimum absolute atomic E-state index is 0.274. The molecule has 2 heterocycles. The number of nitrogens with zero attached hydrogens (tertiary/aromatic N) is 2. The lowest BCUT2D eigenvalue weighted by Crippen LogP contribution is -2.02. The second-order valence-corrected chi connectivity index (χ2v) is 7.18. The fourth-order valence-electron chi connectivity index (χ4n) is 2.74. The zero-order chi connectivity index (χ0) is 18.2. The fraction of sp³-hybridized carbons (Fsp3) is 0.400. The molecule has 0 aliphatic rings. The van der Waals surface area contributed by atoms with Crippen LogP contribution in [0.5, 0.6) is 5.75 Å². The van der Waals surface area contributed by atoms with Crippen molar-refractivity contribution in [3.63, 3.8) is 0 Å². The summed E-state index contributed by atoms with van der Waals surface area (Å²) in [5.41, 5.74) is 4.15. The zero-order valence-corrected chi connectivity index (χ0v) is 15.9. The van der Waals surface area contributed by atoms with Crippen molar-refractivity contribution in [1.82, 2.24) is 15.0 Å². The second kappa shape index (κ2) is 9.59. The number of ether oxygens (including phenoxy) is 1. The van der Waals surface area contributed by atoms with Gasteiger partial charge < -0.3 is 14.8 Å². The number of hydrogen-bond donors (Lipinski definition) is 2. The molecule has 0 radical (unpaired) electrons. The number of hydrogen-bond acceptors (Lipinski definition) is 5. The summed E-state index contributed by atoms with van der Waals surface area (Å²) < 4.78 is 5.92. The lowest BCUT2D eigenvalue weighted by atomic mass is 10.2. The van der Waals surface area contributed by atoms with E-state index in [9.17, 15) is 0 Å². The van der Waals surface area contributed by atoms with Crippen LogP contribution >= 0.6 is 11.8 Å². The van der Waals surface area contributed by atoms with E-state index in [0.717, 1.165) is 64.6 Å². The van der Waals surface area contributed by atoms with Crippen molar-refractivity contribution in [3.05, 3.63) is 47.8 Å². The van der Waals surface area contributed by atoms with E-state index in [1.165, 1.54) is 0 Å². The summed E-state index contributed by atoms with van der Waals surface area (Å²) in [6.07, 6.45) is 5.82. The quantitative estimate of drug-likeness (QED) is 0.406. The average Bonchev–Trinajstić information content (AvgIpc) is 3.07. The number of pyridine rings is 1. The number of fused-ring (bicyclic) bond motifs is 1. The molecule has 0 fully saturated rings. The Morgan fingerprint density at radius 1 is 1.12 bits per heavy atom. The third-order valence-corrected chi connectivity index (χ3v) is 5.17. The molecule has 0 saturated heterocycles. The first kappa shape index (κ1) is 18.7. The topological polar surface area (TPSA) is 71.0 Å². The predicted molar refractivity (Wildman–Crippen MR) is 106 cm³/mol. The standard InChI is InChI=1S/C20H25N3O2S/c1-15-18(14-26-20-22-16-8-4-5-9-17(16)23-20)21-11-10-19(15)25-13-7-3-2-6-12-24/h4-5,8-11,24H,2-3,6-7,12-14H2,1H3,(H,22,23). The Morgan fingerprint density at radius 3 is 2.81 bits per heavy atom. The van der Waals surface area contributed by atoms with E-state index in [2.05, 4.69) is 21.9 Å². The first-order chi connectivity index (χ1) is 12.8. The normalized spacial score (nSPS) is 11.2. The lowest BCUT2D eigenvalue weighted by molar-refractivity contribution is 0.273. The maximum atomic E-state index is 8.79. The number of thioether (sulfide) groups is 1. The van der Waals surface area contributed by atoms with Crippen LogP contribution in [0.25, 0.3) is 11.0 Å². The monoisotopic (exact) mass is 371 g/mol. The molecule has 1 aromatic carbocycles. The minimum Gasteiger partial charge on any atom is -0.493 e. The molecule has 0 unspecified atom stereocenters. The smallest absolute Gasteiger partial charge is 0.166 e. The van der Waals surface area contributed by atoms with Crippen LogP contribution in [0.1, 0.15) is 36.9 Å². The van der Waals surface area contributed by atoms with E-state index >= 15 is 0 Å². The maximum Gasteiger partial charge on any atom is 0.166 e. The third-order valence-electron chi connectivity index (χ3n) is 4.28. The Morgan fingerprint density at radius 2 is 1.96 bits per heavy atom. The molecule has 138 valence electrons. The average molecular weight is 372 g/mol. The number of unbranched alkanes of at least 4 members (excludes halogenated alkanes) is 3. The molecule has 0 atom stereocenters. The SMILES string of the molecule is Cc1c(OCCCCCCO)ccnc1CSc1nc2ccccc2[nH]1. The number of rotatable bonds is 10. The molecule has 0 amide bonds. The van der Waals surface area contributed by atoms with Gasteiger partial charge in [-0.1, -0.05) is 30.3 Å². The molecule has 3 rings (SSSR count). The maximum absolute atomic E-state index is 8.79. The minimum atomic E-state index is 0.274. The van der Waals surface area contributed by atoms with Gasteiger partial charge in [-0.05, 0) is 44.4 Å². The summed E-state index contributed by atoms with van der Waals surface area (Å²) in [5.74, 6) is 1.65. The summed E-state index contributed by atoms with van der Waals surface area (Å²) in [5, 5.41) is 9.70. The van der Waals surface area contributed by atoms with E-state index < -0.39 is 0 Å². The second-order valence-electron chi connectivity index (χ2n) is 6.21. The molecule has 0 saturated carbocycles. The van der Waals surface area contributed by atoms with Gasteiger partial charge in [-0.3, -0.25) is 4.98 Å². The number of aromatic nitrogens is 3. The molecule has 2 aromatic heterocycles. The number of H-pyrrole nitrogens is 1. The summed E-state index contributed by atoms with van der Waals surface area (Å²) in [6, 6.07) is 9.97. The van der Waals surface area contributed by atoms with Gasteiger partial charge in [-0.25, -0.2) is 4.98 Å². The number of aliphatic hydroxyl groups excluding tert-OH is 1. The largest absolute Gasteiger partial charge is 0.493 e. The van der Waals surface area contributed by atoms with Crippen molar-refractivity contribution in [2.24, 2.45) is 0 Å². The van der Waals surface area contributed by atoms with Crippen molar-refractivity contribution < 1.29 is 9.84 Å². The number of imidazole rings is 1. The van der Waals surface area contributed by atoms with Gasteiger partial charge in [0.25, 0.3) is 0 Å². The summed E-state index contributed by atoms with van der Waals surface area (Å²) >= 11 is 1.65. The molecule has 0 bridgehead atoms. The van der Waals surface area contributed by atoms with E-state index in [1.807, 2.05) is 36.5 Å². The zero-order valence-electron chi connectivity index (χ0n) is 15.1. The van der Waals surface area contributed by atoms with Gasteiger partial charge in [0.2, 0.25) is 0 Å². The van der Waals surface area contributed by atoms with Crippen LogP contribution in [-0.2, 0) is 5.75 Å². The molecule has 26 heavy (non-hydrogen) atoms. The molecule has 0 spiro atoms. The Kier molecular flexibility index (Phi) is 6.91. The highest BCUT2D eigenvalue weighted by Crippen LogP contribution is 2.27. The van der Waals surface area contributed by atoms with Crippen LogP contribution in [0.2, 0.25) is 0 Å². The van der Waals surface area contributed by atoms with Gasteiger partial charge in [-0.2, -0.15) is 0 Å². The Hall–Kier alpha value is -2.05. The van der Waals surface area contributed by atoms with Crippen LogP contribution in [0, 0.1) is 6.92 Å². The van der Waals surface area contributed by atoms with E-state index in [1.54, 1.807) is 11.8 Å². The molecule has 6 heteroatoms. The summed E-state index contributed by atoms with van der Waals surface area (Å²) in [7, 11) is 0. The van der Waals surface area contributed by atoms with Gasteiger partial charge in [0, 0.05) is 24.1 Å². The summed E-state index contributed by atoms with van der Waals surface area (Å²) in [4.78, 5) is 12.4. The van der Waals surface area contributed by atoms with Crippen LogP contribution in [0.3, 0.4) is 0 Å². The van der Waals surface area contributed by atoms with Crippen LogP contribution in [-0.4, -0.2) is 33.3 Å². The molecule has 3 aromatic rings. The first-order valence-corrected chi connectivity index (χ1v) is 10.0. The Bertz CT molecular complexity index is 802. The van der Waals surface area contributed by atoms with Crippen LogP contribution in [0.15, 0.2) is 41.7 Å². The van der Waals surface area contributed by atoms with Gasteiger partial charge in [0.05, 0.1) is 23.3 Å².